The molecule has 0 amide bonds. The summed E-state index contributed by atoms with van der Waals surface area (Å²) in [6, 6.07) is 31.1. The van der Waals surface area contributed by atoms with Crippen LogP contribution in [0.2, 0.25) is 0 Å². The Kier molecular flexibility index (Phi) is 17.1. The van der Waals surface area contributed by atoms with E-state index in [1.807, 2.05) is 62.4 Å². The van der Waals surface area contributed by atoms with Crippen LogP contribution in [-0.4, -0.2) is 27.4 Å². The van der Waals surface area contributed by atoms with Crippen molar-refractivity contribution in [3.63, 3.8) is 0 Å². The fourth-order valence-corrected chi connectivity index (χ4v) is 3.07. The molecule has 0 fully saturated rings. The van der Waals surface area contributed by atoms with Crippen molar-refractivity contribution in [2.24, 2.45) is 0 Å². The third-order valence-corrected chi connectivity index (χ3v) is 4.92. The van der Waals surface area contributed by atoms with Gasteiger partial charge in [-0.2, -0.15) is 60.7 Å². The molecular formula is C26H24BBrO4Y2-2. The van der Waals surface area contributed by atoms with E-state index in [0.717, 1.165) is 26.7 Å². The monoisotopic (exact) mass is 668 g/mol. The third kappa shape index (κ3) is 11.7. The van der Waals surface area contributed by atoms with Crippen molar-refractivity contribution in [3.05, 3.63) is 113 Å². The Labute approximate surface area is 260 Å². The van der Waals surface area contributed by atoms with Gasteiger partial charge in [-0.3, -0.25) is 0 Å². The molecule has 0 unspecified atom stereocenters. The number of hydrogen-bond acceptors (Lipinski definition) is 4. The Balaban J connectivity index is 0.000000485. The van der Waals surface area contributed by atoms with Crippen molar-refractivity contribution >= 4 is 28.5 Å². The summed E-state index contributed by atoms with van der Waals surface area (Å²) in [5.74, 6) is 0.687. The van der Waals surface area contributed by atoms with E-state index in [2.05, 4.69) is 28.1 Å². The van der Waals surface area contributed by atoms with Crippen LogP contribution in [0.5, 0.6) is 11.5 Å². The first-order chi connectivity index (χ1) is 15.3. The van der Waals surface area contributed by atoms with Crippen LogP contribution in [-0.2, 0) is 65.4 Å². The molecule has 4 aromatic carbocycles. The Morgan fingerprint density at radius 2 is 1.26 bits per heavy atom. The minimum Gasteiger partial charge on any atom is -0.508 e. The molecule has 2 radical (unpaired) electrons. The molecular weight excluding hydrogens is 645 g/mol. The predicted octanol–water partition coefficient (Wildman–Crippen LogP) is 4.79. The normalized spacial score (nSPS) is 9.09. The average molecular weight is 669 g/mol. The summed E-state index contributed by atoms with van der Waals surface area (Å²) in [6.07, 6.45) is 0. The molecule has 0 aliphatic carbocycles. The molecule has 4 aromatic rings. The van der Waals surface area contributed by atoms with Crippen LogP contribution in [0.3, 0.4) is 0 Å². The Morgan fingerprint density at radius 1 is 0.706 bits per heavy atom. The van der Waals surface area contributed by atoms with E-state index in [1.165, 1.54) is 6.07 Å². The van der Waals surface area contributed by atoms with Gasteiger partial charge in [0, 0.05) is 69.9 Å². The van der Waals surface area contributed by atoms with Gasteiger partial charge in [0.1, 0.15) is 11.5 Å². The van der Waals surface area contributed by atoms with E-state index in [0.29, 0.717) is 17.0 Å². The van der Waals surface area contributed by atoms with Crippen molar-refractivity contribution in [3.8, 4) is 22.6 Å². The second kappa shape index (κ2) is 17.6. The van der Waals surface area contributed by atoms with Gasteiger partial charge in [-0.25, -0.2) is 0 Å². The zero-order valence-corrected chi connectivity index (χ0v) is 26.2. The van der Waals surface area contributed by atoms with Crippen LogP contribution >= 0.6 is 15.9 Å². The van der Waals surface area contributed by atoms with E-state index < -0.39 is 7.12 Å². The van der Waals surface area contributed by atoms with Gasteiger partial charge in [-0.15, -0.1) is 11.0 Å². The molecule has 4 N–H and O–H groups in total. The number of halogens is 1. The van der Waals surface area contributed by atoms with Gasteiger partial charge in [-0.05, 0) is 49.2 Å². The molecule has 4 rings (SSSR count). The van der Waals surface area contributed by atoms with Crippen molar-refractivity contribution in [2.45, 2.75) is 13.8 Å². The first-order valence-electron chi connectivity index (χ1n) is 9.81. The summed E-state index contributed by atoms with van der Waals surface area (Å²) in [6.45, 7) is 3.76. The molecule has 34 heavy (non-hydrogen) atoms. The number of hydrogen-bond donors (Lipinski definition) is 4. The minimum absolute atomic E-state index is 0. The van der Waals surface area contributed by atoms with Crippen LogP contribution in [0.25, 0.3) is 11.1 Å². The van der Waals surface area contributed by atoms with Crippen molar-refractivity contribution in [2.75, 3.05) is 0 Å². The standard InChI is InChI=1S/C13H11O.C7H7BrO.C6H6BO2.2Y/c1-10-9-12(7-8-13(10)14)11-5-3-2-4-6-11;1-5-4-6(8)2-3-7(5)9;8-7(9)6-4-2-1-3-5-6;;/h2-3,5-9,14H,1H3;2-4,9H,1H3;1-2,4-5,8-9H;;/q-1;;-1;;. The zero-order chi connectivity index (χ0) is 23.5. The average Bonchev–Trinajstić information content (AvgIpc) is 2.80. The van der Waals surface area contributed by atoms with E-state index in [9.17, 15) is 5.11 Å². The first kappa shape index (κ1) is 33.2. The molecule has 0 aliphatic heterocycles. The van der Waals surface area contributed by atoms with Crippen LogP contribution < -0.4 is 5.46 Å². The number of rotatable bonds is 2. The summed E-state index contributed by atoms with van der Waals surface area (Å²) >= 11 is 3.29. The van der Waals surface area contributed by atoms with Gasteiger partial charge >= 0.3 is 7.12 Å². The Morgan fingerprint density at radius 3 is 1.68 bits per heavy atom. The molecule has 4 nitrogen and oxygen atoms in total. The summed E-state index contributed by atoms with van der Waals surface area (Å²) < 4.78 is 0.998. The van der Waals surface area contributed by atoms with Crippen LogP contribution in [0, 0.1) is 26.0 Å². The number of benzene rings is 4. The van der Waals surface area contributed by atoms with Crippen molar-refractivity contribution in [1.29, 1.82) is 0 Å². The molecule has 8 heteroatoms. The zero-order valence-electron chi connectivity index (χ0n) is 19.0. The fraction of sp³-hybridized carbons (Fsp3) is 0.0769. The fourth-order valence-electron chi connectivity index (χ4n) is 2.59. The smallest absolute Gasteiger partial charge is 0.412 e. The number of aryl methyl sites for hydroxylation is 2. The Hall–Kier alpha value is -0.847. The molecule has 0 aromatic heterocycles. The van der Waals surface area contributed by atoms with Crippen LogP contribution in [0.4, 0.5) is 0 Å². The quantitative estimate of drug-likeness (QED) is 0.183. The van der Waals surface area contributed by atoms with Gasteiger partial charge in [0.05, 0.1) is 0 Å². The summed E-state index contributed by atoms with van der Waals surface area (Å²) in [5.41, 5.74) is 4.49. The topological polar surface area (TPSA) is 80.9 Å². The number of phenolic OH excluding ortho intramolecular Hbond substituents is 2. The summed E-state index contributed by atoms with van der Waals surface area (Å²) in [7, 11) is -1.37. The maximum absolute atomic E-state index is 9.38. The van der Waals surface area contributed by atoms with E-state index in [1.54, 1.807) is 30.3 Å². The van der Waals surface area contributed by atoms with E-state index in [4.69, 9.17) is 15.2 Å². The molecule has 0 bridgehead atoms. The second-order valence-corrected chi connectivity index (χ2v) is 7.85. The third-order valence-electron chi connectivity index (χ3n) is 4.43. The van der Waals surface area contributed by atoms with Crippen LogP contribution in [0.15, 0.2) is 89.4 Å². The van der Waals surface area contributed by atoms with Crippen molar-refractivity contribution in [1.82, 2.24) is 0 Å². The minimum atomic E-state index is -1.37. The van der Waals surface area contributed by atoms with Crippen LogP contribution in [0.1, 0.15) is 11.1 Å². The molecule has 170 valence electrons. The van der Waals surface area contributed by atoms with E-state index >= 15 is 0 Å². The maximum Gasteiger partial charge on any atom is 0.412 e. The van der Waals surface area contributed by atoms with Crippen molar-refractivity contribution < 1.29 is 85.7 Å². The number of phenols is 2. The van der Waals surface area contributed by atoms with Gasteiger partial charge in [0.25, 0.3) is 0 Å². The largest absolute Gasteiger partial charge is 0.508 e. The van der Waals surface area contributed by atoms with Gasteiger partial charge in [-0.1, -0.05) is 33.6 Å². The molecule has 0 saturated carbocycles. The predicted molar refractivity (Wildman–Crippen MR) is 133 cm³/mol. The maximum atomic E-state index is 9.38. The van der Waals surface area contributed by atoms with E-state index in [-0.39, 0.29) is 65.4 Å². The molecule has 0 heterocycles. The van der Waals surface area contributed by atoms with Gasteiger partial charge in [0.2, 0.25) is 0 Å². The molecule has 0 saturated heterocycles. The summed E-state index contributed by atoms with van der Waals surface area (Å²) in [4.78, 5) is 0. The van der Waals surface area contributed by atoms with Gasteiger partial charge in [0.15, 0.2) is 0 Å². The molecule has 0 aliphatic rings. The Bertz CT molecular complexity index is 1110. The van der Waals surface area contributed by atoms with Gasteiger partial charge < -0.3 is 20.3 Å². The summed E-state index contributed by atoms with van der Waals surface area (Å²) in [5, 5.41) is 35.5. The SMILES string of the molecule is Cc1cc(-c2c[c-]ccc2)ccc1O.Cc1cc(Br)ccc1O.OB(O)c1c[c-]ccc1.[Y].[Y]. The first-order valence-corrected chi connectivity index (χ1v) is 10.6. The second-order valence-electron chi connectivity index (χ2n) is 6.93. The molecule has 0 spiro atoms. The number of aromatic hydroxyl groups is 2. The molecule has 0 atom stereocenters.